The summed E-state index contributed by atoms with van der Waals surface area (Å²) in [5, 5.41) is 0. The van der Waals surface area contributed by atoms with Crippen molar-refractivity contribution in [2.75, 3.05) is 39.3 Å². The Morgan fingerprint density at radius 2 is 2.00 bits per heavy atom. The molecule has 2 amide bonds. The topological polar surface area (TPSA) is 52.6 Å². The lowest BCUT2D eigenvalue weighted by Gasteiger charge is -2.40. The van der Waals surface area contributed by atoms with Crippen LogP contribution in [-0.4, -0.2) is 70.0 Å². The van der Waals surface area contributed by atoms with Crippen LogP contribution in [0.15, 0.2) is 12.3 Å². The zero-order valence-corrected chi connectivity index (χ0v) is 16.6. The van der Waals surface area contributed by atoms with Gasteiger partial charge in [0.15, 0.2) is 0 Å². The van der Waals surface area contributed by atoms with Crippen LogP contribution >= 0.6 is 0 Å². The smallest absolute Gasteiger partial charge is 0.319 e. The lowest BCUT2D eigenvalue weighted by molar-refractivity contribution is 0.0860. The molecule has 2 saturated heterocycles. The van der Waals surface area contributed by atoms with E-state index in [4.69, 9.17) is 0 Å². The van der Waals surface area contributed by atoms with E-state index in [2.05, 4.69) is 40.5 Å². The standard InChI is InChI=1S/C20H33N5O/c1-4-18-21-11-8-17(22-18)14-23-12-7-9-20(15-23)10-13-25(16-20)19(26)24(5-2)6-3/h8,11H,4-7,9-10,12-16H2,1-3H3/t20-/m1/s1. The number of carbonyl (C=O) groups is 1. The van der Waals surface area contributed by atoms with Crippen molar-refractivity contribution < 1.29 is 4.79 Å². The van der Waals surface area contributed by atoms with E-state index in [0.717, 1.165) is 70.2 Å². The Balaban J connectivity index is 1.62. The SMILES string of the molecule is CCc1nccc(CN2CCC[C@@]3(CCN(C(=O)N(CC)CC)C3)C2)n1. The molecule has 6 nitrogen and oxygen atoms in total. The van der Waals surface area contributed by atoms with Gasteiger partial charge in [-0.2, -0.15) is 0 Å². The minimum absolute atomic E-state index is 0.215. The molecule has 26 heavy (non-hydrogen) atoms. The maximum Gasteiger partial charge on any atom is 0.319 e. The van der Waals surface area contributed by atoms with Crippen molar-refractivity contribution in [3.05, 3.63) is 23.8 Å². The lowest BCUT2D eigenvalue weighted by Crippen LogP contribution is -2.47. The van der Waals surface area contributed by atoms with Crippen LogP contribution < -0.4 is 0 Å². The highest BCUT2D eigenvalue weighted by molar-refractivity contribution is 5.74. The van der Waals surface area contributed by atoms with Crippen molar-refractivity contribution in [3.8, 4) is 0 Å². The number of aryl methyl sites for hydroxylation is 1. The fraction of sp³-hybridized carbons (Fsp3) is 0.750. The van der Waals surface area contributed by atoms with E-state index >= 15 is 0 Å². The van der Waals surface area contributed by atoms with Gasteiger partial charge in [0.05, 0.1) is 5.69 Å². The molecule has 1 aromatic rings. The number of rotatable bonds is 5. The number of nitrogens with zero attached hydrogens (tertiary/aromatic N) is 5. The van der Waals surface area contributed by atoms with E-state index in [-0.39, 0.29) is 11.4 Å². The van der Waals surface area contributed by atoms with Crippen LogP contribution in [0.3, 0.4) is 0 Å². The van der Waals surface area contributed by atoms with Gasteiger partial charge in [-0.05, 0) is 45.7 Å². The van der Waals surface area contributed by atoms with Crippen molar-refractivity contribution in [3.63, 3.8) is 0 Å². The molecule has 0 radical (unpaired) electrons. The molecule has 144 valence electrons. The Kier molecular flexibility index (Phi) is 6.12. The number of aromatic nitrogens is 2. The van der Waals surface area contributed by atoms with Gasteiger partial charge in [0.1, 0.15) is 5.82 Å². The van der Waals surface area contributed by atoms with Crippen LogP contribution in [-0.2, 0) is 13.0 Å². The molecule has 0 aliphatic carbocycles. The predicted octanol–water partition coefficient (Wildman–Crippen LogP) is 2.79. The number of carbonyl (C=O) groups excluding carboxylic acids is 1. The molecule has 0 unspecified atom stereocenters. The molecule has 0 N–H and O–H groups in total. The number of likely N-dealkylation sites (tertiary alicyclic amines) is 2. The largest absolute Gasteiger partial charge is 0.325 e. The van der Waals surface area contributed by atoms with Crippen LogP contribution in [0.5, 0.6) is 0 Å². The fourth-order valence-electron chi connectivity index (χ4n) is 4.50. The highest BCUT2D eigenvalue weighted by atomic mass is 16.2. The minimum Gasteiger partial charge on any atom is -0.325 e. The van der Waals surface area contributed by atoms with E-state index in [1.165, 1.54) is 12.8 Å². The molecule has 6 heteroatoms. The van der Waals surface area contributed by atoms with Crippen LogP contribution in [0.1, 0.15) is 51.6 Å². The highest BCUT2D eigenvalue weighted by Gasteiger charge is 2.43. The molecular formula is C20H33N5O. The van der Waals surface area contributed by atoms with Gasteiger partial charge in [0, 0.05) is 57.3 Å². The van der Waals surface area contributed by atoms with Crippen molar-refractivity contribution >= 4 is 6.03 Å². The molecule has 2 fully saturated rings. The normalized spacial score (nSPS) is 23.6. The lowest BCUT2D eigenvalue weighted by atomic mass is 9.79. The first-order valence-electron chi connectivity index (χ1n) is 10.2. The van der Waals surface area contributed by atoms with Gasteiger partial charge in [0.25, 0.3) is 0 Å². The molecule has 3 rings (SSSR count). The van der Waals surface area contributed by atoms with Gasteiger partial charge >= 0.3 is 6.03 Å². The second-order valence-electron chi connectivity index (χ2n) is 7.76. The third-order valence-electron chi connectivity index (χ3n) is 5.95. The Bertz CT molecular complexity index is 618. The second-order valence-corrected chi connectivity index (χ2v) is 7.76. The first-order chi connectivity index (χ1) is 12.6. The van der Waals surface area contributed by atoms with Crippen LogP contribution in [0, 0.1) is 5.41 Å². The number of piperidine rings is 1. The first kappa shape index (κ1) is 19.1. The minimum atomic E-state index is 0.215. The maximum absolute atomic E-state index is 12.7. The summed E-state index contributed by atoms with van der Waals surface area (Å²) < 4.78 is 0. The fourth-order valence-corrected chi connectivity index (χ4v) is 4.50. The number of hydrogen-bond donors (Lipinski definition) is 0. The highest BCUT2D eigenvalue weighted by Crippen LogP contribution is 2.39. The van der Waals surface area contributed by atoms with E-state index in [0.29, 0.717) is 0 Å². The first-order valence-corrected chi connectivity index (χ1v) is 10.2. The summed E-state index contributed by atoms with van der Waals surface area (Å²) in [6.45, 7) is 12.7. The van der Waals surface area contributed by atoms with Gasteiger partial charge in [-0.1, -0.05) is 6.92 Å². The molecule has 3 heterocycles. The van der Waals surface area contributed by atoms with Gasteiger partial charge in [-0.3, -0.25) is 4.90 Å². The molecule has 2 aliphatic rings. The summed E-state index contributed by atoms with van der Waals surface area (Å²) in [6, 6.07) is 2.25. The summed E-state index contributed by atoms with van der Waals surface area (Å²) in [7, 11) is 0. The zero-order chi connectivity index (χ0) is 18.6. The van der Waals surface area contributed by atoms with E-state index in [1.54, 1.807) is 0 Å². The monoisotopic (exact) mass is 359 g/mol. The average Bonchev–Trinajstić information content (AvgIpc) is 3.06. The molecular weight excluding hydrogens is 326 g/mol. The Morgan fingerprint density at radius 1 is 1.19 bits per heavy atom. The van der Waals surface area contributed by atoms with Crippen LogP contribution in [0.25, 0.3) is 0 Å². The molecule has 1 aromatic heterocycles. The molecule has 2 aliphatic heterocycles. The summed E-state index contributed by atoms with van der Waals surface area (Å²) in [6.07, 6.45) is 6.32. The third kappa shape index (κ3) is 4.17. The summed E-state index contributed by atoms with van der Waals surface area (Å²) >= 11 is 0. The van der Waals surface area contributed by atoms with Crippen molar-refractivity contribution in [1.29, 1.82) is 0 Å². The zero-order valence-electron chi connectivity index (χ0n) is 16.6. The van der Waals surface area contributed by atoms with Crippen LogP contribution in [0.4, 0.5) is 4.79 Å². The third-order valence-corrected chi connectivity index (χ3v) is 5.95. The molecule has 0 saturated carbocycles. The van der Waals surface area contributed by atoms with Gasteiger partial charge in [-0.15, -0.1) is 0 Å². The van der Waals surface area contributed by atoms with E-state index in [9.17, 15) is 4.79 Å². The summed E-state index contributed by atoms with van der Waals surface area (Å²) in [5.74, 6) is 0.922. The van der Waals surface area contributed by atoms with Crippen molar-refractivity contribution in [2.24, 2.45) is 5.41 Å². The summed E-state index contributed by atoms with van der Waals surface area (Å²) in [4.78, 5) is 28.2. The Morgan fingerprint density at radius 3 is 2.73 bits per heavy atom. The van der Waals surface area contributed by atoms with Gasteiger partial charge in [0.2, 0.25) is 0 Å². The predicted molar refractivity (Wildman–Crippen MR) is 103 cm³/mol. The summed E-state index contributed by atoms with van der Waals surface area (Å²) in [5.41, 5.74) is 1.38. The second kappa shape index (κ2) is 8.33. The molecule has 1 atom stereocenters. The average molecular weight is 360 g/mol. The number of urea groups is 1. The van der Waals surface area contributed by atoms with Crippen molar-refractivity contribution in [1.82, 2.24) is 24.7 Å². The maximum atomic E-state index is 12.7. The number of amides is 2. The quantitative estimate of drug-likeness (QED) is 0.811. The van der Waals surface area contributed by atoms with Crippen molar-refractivity contribution in [2.45, 2.75) is 53.0 Å². The van der Waals surface area contributed by atoms with Gasteiger partial charge < -0.3 is 9.80 Å². The van der Waals surface area contributed by atoms with Gasteiger partial charge in [-0.25, -0.2) is 14.8 Å². The molecule has 0 aromatic carbocycles. The molecule has 1 spiro atoms. The Labute approximate surface area is 157 Å². The molecule has 0 bridgehead atoms. The Hall–Kier alpha value is -1.69. The van der Waals surface area contributed by atoms with E-state index < -0.39 is 0 Å². The van der Waals surface area contributed by atoms with Crippen LogP contribution in [0.2, 0.25) is 0 Å². The number of hydrogen-bond acceptors (Lipinski definition) is 4. The van der Waals surface area contributed by atoms with E-state index in [1.807, 2.05) is 17.2 Å².